The molecular formula is C27H29ClN2O2. The van der Waals surface area contributed by atoms with E-state index in [4.69, 9.17) is 11.6 Å². The molecule has 1 fully saturated rings. The average molecular weight is 449 g/mol. The van der Waals surface area contributed by atoms with Crippen LogP contribution in [-0.4, -0.2) is 23.7 Å². The summed E-state index contributed by atoms with van der Waals surface area (Å²) in [7, 11) is 0. The summed E-state index contributed by atoms with van der Waals surface area (Å²) in [6.45, 7) is 2.51. The van der Waals surface area contributed by atoms with E-state index >= 15 is 0 Å². The molecule has 5 heteroatoms. The number of nitrogens with one attached hydrogen (secondary N) is 2. The monoisotopic (exact) mass is 448 g/mol. The number of hydrogen-bond acceptors (Lipinski definition) is 3. The third-order valence-corrected chi connectivity index (χ3v) is 6.65. The van der Waals surface area contributed by atoms with E-state index in [1.807, 2.05) is 12.1 Å². The summed E-state index contributed by atoms with van der Waals surface area (Å²) in [6.07, 6.45) is 3.52. The smallest absolute Gasteiger partial charge is 0.251 e. The van der Waals surface area contributed by atoms with Gasteiger partial charge in [0.15, 0.2) is 0 Å². The van der Waals surface area contributed by atoms with Crippen LogP contribution in [0.1, 0.15) is 66.1 Å². The molecule has 0 spiro atoms. The highest BCUT2D eigenvalue weighted by Crippen LogP contribution is 2.36. The average Bonchev–Trinajstić information content (AvgIpc) is 3.27. The summed E-state index contributed by atoms with van der Waals surface area (Å²) in [5.41, 5.74) is 3.23. The minimum absolute atomic E-state index is 0.138. The normalized spacial score (nSPS) is 19.1. The lowest BCUT2D eigenvalue weighted by Gasteiger charge is -2.21. The summed E-state index contributed by atoms with van der Waals surface area (Å²) in [6, 6.07) is 23.7. The molecule has 1 saturated carbocycles. The minimum atomic E-state index is -0.445. The maximum absolute atomic E-state index is 12.2. The van der Waals surface area contributed by atoms with Crippen LogP contribution in [0.2, 0.25) is 0 Å². The number of carbonyl (C=O) groups excluding carboxylic acids is 2. The van der Waals surface area contributed by atoms with E-state index in [0.717, 1.165) is 19.3 Å². The van der Waals surface area contributed by atoms with E-state index in [2.05, 4.69) is 72.2 Å². The Balaban J connectivity index is 1.34. The molecule has 0 radical (unpaired) electrons. The minimum Gasteiger partial charge on any atom is -0.352 e. The van der Waals surface area contributed by atoms with Crippen molar-refractivity contribution >= 4 is 33.5 Å². The standard InChI is InChI=1S/C27H29ClN2O2/c1-18(24-8-4-6-20-5-2-3-7-25(20)24)30-23-14-13-22(17-23)19-9-11-21(12-10-19)27(32)29-16-15-26(28)31/h2-12,18,22-23,30H,13-17H2,1H3,(H,29,32)/t18-,22?,23?/m1/s1. The summed E-state index contributed by atoms with van der Waals surface area (Å²) in [5, 5.41) is 8.72. The van der Waals surface area contributed by atoms with Crippen molar-refractivity contribution in [2.24, 2.45) is 0 Å². The zero-order valence-electron chi connectivity index (χ0n) is 18.3. The Morgan fingerprint density at radius 2 is 1.75 bits per heavy atom. The molecule has 4 nitrogen and oxygen atoms in total. The summed E-state index contributed by atoms with van der Waals surface area (Å²) in [5.74, 6) is 0.322. The van der Waals surface area contributed by atoms with Crippen LogP contribution < -0.4 is 10.6 Å². The fourth-order valence-electron chi connectivity index (χ4n) is 4.79. The number of carbonyl (C=O) groups is 2. The molecule has 2 N–H and O–H groups in total. The topological polar surface area (TPSA) is 58.2 Å². The highest BCUT2D eigenvalue weighted by Gasteiger charge is 2.27. The van der Waals surface area contributed by atoms with Crippen molar-refractivity contribution in [3.05, 3.63) is 83.4 Å². The molecule has 0 aliphatic heterocycles. The second kappa shape index (κ2) is 10.3. The maximum Gasteiger partial charge on any atom is 0.251 e. The molecular weight excluding hydrogens is 420 g/mol. The molecule has 3 aromatic rings. The fourth-order valence-corrected chi connectivity index (χ4v) is 4.88. The van der Waals surface area contributed by atoms with Crippen molar-refractivity contribution in [3.63, 3.8) is 0 Å². The Morgan fingerprint density at radius 3 is 2.53 bits per heavy atom. The number of hydrogen-bond donors (Lipinski definition) is 2. The van der Waals surface area contributed by atoms with Gasteiger partial charge in [-0.3, -0.25) is 9.59 Å². The van der Waals surface area contributed by atoms with Crippen molar-refractivity contribution in [3.8, 4) is 0 Å². The van der Waals surface area contributed by atoms with Gasteiger partial charge in [-0.25, -0.2) is 0 Å². The number of amides is 1. The Morgan fingerprint density at radius 1 is 1.00 bits per heavy atom. The van der Waals surface area contributed by atoms with Gasteiger partial charge in [-0.1, -0.05) is 54.6 Å². The van der Waals surface area contributed by atoms with Crippen LogP contribution in [0.4, 0.5) is 0 Å². The van der Waals surface area contributed by atoms with E-state index in [9.17, 15) is 9.59 Å². The van der Waals surface area contributed by atoms with Crippen LogP contribution >= 0.6 is 11.6 Å². The highest BCUT2D eigenvalue weighted by atomic mass is 35.5. The Labute approximate surface area is 194 Å². The summed E-state index contributed by atoms with van der Waals surface area (Å²) >= 11 is 5.31. The molecule has 0 heterocycles. The van der Waals surface area contributed by atoms with Gasteiger partial charge in [-0.2, -0.15) is 0 Å². The molecule has 3 aromatic carbocycles. The Bertz CT molecular complexity index is 1090. The maximum atomic E-state index is 12.2. The van der Waals surface area contributed by atoms with Gasteiger partial charge >= 0.3 is 0 Å². The molecule has 1 aliphatic rings. The Hall–Kier alpha value is -2.69. The first-order valence-electron chi connectivity index (χ1n) is 11.3. The van der Waals surface area contributed by atoms with Gasteiger partial charge in [-0.05, 0) is 77.7 Å². The first kappa shape index (κ1) is 22.5. The van der Waals surface area contributed by atoms with Crippen LogP contribution in [0, 0.1) is 0 Å². The zero-order valence-corrected chi connectivity index (χ0v) is 19.1. The highest BCUT2D eigenvalue weighted by molar-refractivity contribution is 6.63. The predicted octanol–water partition coefficient (Wildman–Crippen LogP) is 5.71. The summed E-state index contributed by atoms with van der Waals surface area (Å²) < 4.78 is 0. The van der Waals surface area contributed by atoms with Crippen molar-refractivity contribution in [2.45, 2.75) is 50.6 Å². The number of rotatable bonds is 8. The Kier molecular flexibility index (Phi) is 7.23. The van der Waals surface area contributed by atoms with Gasteiger partial charge in [0.1, 0.15) is 0 Å². The molecule has 1 amide bonds. The largest absolute Gasteiger partial charge is 0.352 e. The van der Waals surface area contributed by atoms with Gasteiger partial charge in [0, 0.05) is 30.6 Å². The van der Waals surface area contributed by atoms with Gasteiger partial charge in [0.2, 0.25) is 5.24 Å². The quantitative estimate of drug-likeness (QED) is 0.434. The second-order valence-corrected chi connectivity index (χ2v) is 9.07. The van der Waals surface area contributed by atoms with E-state index in [0.29, 0.717) is 17.5 Å². The zero-order chi connectivity index (χ0) is 22.5. The third-order valence-electron chi connectivity index (χ3n) is 6.46. The van der Waals surface area contributed by atoms with Gasteiger partial charge < -0.3 is 10.6 Å². The van der Waals surface area contributed by atoms with Crippen LogP contribution in [-0.2, 0) is 4.79 Å². The van der Waals surface area contributed by atoms with E-state index < -0.39 is 5.24 Å². The van der Waals surface area contributed by atoms with E-state index in [1.54, 1.807) is 0 Å². The molecule has 4 rings (SSSR count). The predicted molar refractivity (Wildman–Crippen MR) is 130 cm³/mol. The molecule has 32 heavy (non-hydrogen) atoms. The van der Waals surface area contributed by atoms with Crippen LogP contribution in [0.5, 0.6) is 0 Å². The van der Waals surface area contributed by atoms with Gasteiger partial charge in [-0.15, -0.1) is 0 Å². The molecule has 2 unspecified atom stereocenters. The molecule has 0 bridgehead atoms. The lowest BCUT2D eigenvalue weighted by molar-refractivity contribution is -0.111. The van der Waals surface area contributed by atoms with Gasteiger partial charge in [0.25, 0.3) is 5.91 Å². The van der Waals surface area contributed by atoms with Gasteiger partial charge in [0.05, 0.1) is 0 Å². The third kappa shape index (κ3) is 5.37. The summed E-state index contributed by atoms with van der Waals surface area (Å²) in [4.78, 5) is 23.0. The molecule has 166 valence electrons. The lowest BCUT2D eigenvalue weighted by Crippen LogP contribution is -2.29. The van der Waals surface area contributed by atoms with Crippen LogP contribution in [0.3, 0.4) is 0 Å². The second-order valence-electron chi connectivity index (χ2n) is 8.65. The number of benzene rings is 3. The lowest BCUT2D eigenvalue weighted by atomic mass is 9.96. The van der Waals surface area contributed by atoms with Crippen molar-refractivity contribution in [1.82, 2.24) is 10.6 Å². The fraction of sp³-hybridized carbons (Fsp3) is 0.333. The van der Waals surface area contributed by atoms with E-state index in [1.165, 1.54) is 21.9 Å². The first-order chi connectivity index (χ1) is 15.5. The molecule has 0 aromatic heterocycles. The number of halogens is 1. The molecule has 0 saturated heterocycles. The van der Waals surface area contributed by atoms with Crippen molar-refractivity contribution < 1.29 is 9.59 Å². The van der Waals surface area contributed by atoms with Crippen molar-refractivity contribution in [2.75, 3.05) is 6.54 Å². The van der Waals surface area contributed by atoms with Crippen molar-refractivity contribution in [1.29, 1.82) is 0 Å². The SMILES string of the molecule is C[C@@H](NC1CCC(c2ccc(C(=O)NCCC(=O)Cl)cc2)C1)c1cccc2ccccc12. The number of fused-ring (bicyclic) bond motifs is 1. The molecule has 1 aliphatic carbocycles. The van der Waals surface area contributed by atoms with Crippen LogP contribution in [0.25, 0.3) is 10.8 Å². The molecule has 3 atom stereocenters. The first-order valence-corrected chi connectivity index (χ1v) is 11.7. The van der Waals surface area contributed by atoms with E-state index in [-0.39, 0.29) is 24.9 Å². The van der Waals surface area contributed by atoms with Crippen LogP contribution in [0.15, 0.2) is 66.7 Å².